The van der Waals surface area contributed by atoms with Gasteiger partial charge in [-0.3, -0.25) is 4.90 Å². The van der Waals surface area contributed by atoms with Gasteiger partial charge >= 0.3 is 5.97 Å². The van der Waals surface area contributed by atoms with Crippen LogP contribution in [0.4, 0.5) is 0 Å². The number of β-amino-alcohol motifs (C(OH)–C–C–N with tert-alkyl or cyclic N) is 1. The molecule has 2 N–H and O–H groups in total. The number of aliphatic hydroxyl groups excluding tert-OH is 1. The summed E-state index contributed by atoms with van der Waals surface area (Å²) < 4.78 is 0. The van der Waals surface area contributed by atoms with Crippen LogP contribution in [0.2, 0.25) is 0 Å². The van der Waals surface area contributed by atoms with Gasteiger partial charge in [0, 0.05) is 13.1 Å². The van der Waals surface area contributed by atoms with Crippen LogP contribution in [-0.2, 0) is 6.54 Å². The molecule has 4 nitrogen and oxygen atoms in total. The van der Waals surface area contributed by atoms with Gasteiger partial charge in [0.25, 0.3) is 0 Å². The topological polar surface area (TPSA) is 60.8 Å². The Balaban J connectivity index is 1.95. The number of hydrogen-bond donors (Lipinski definition) is 2. The molecule has 1 saturated heterocycles. The van der Waals surface area contributed by atoms with Crippen LogP contribution in [-0.4, -0.2) is 40.3 Å². The van der Waals surface area contributed by atoms with Crippen molar-refractivity contribution in [3.05, 3.63) is 35.4 Å². The number of piperidine rings is 1. The van der Waals surface area contributed by atoms with Gasteiger partial charge in [-0.1, -0.05) is 19.1 Å². The first-order chi connectivity index (χ1) is 8.56. The number of aromatic carboxylic acids is 1. The number of aliphatic hydroxyl groups is 1. The maximum absolute atomic E-state index is 10.7. The summed E-state index contributed by atoms with van der Waals surface area (Å²) in [5.74, 6) is -0.528. The molecule has 4 heteroatoms. The molecule has 0 aliphatic carbocycles. The van der Waals surface area contributed by atoms with Crippen molar-refractivity contribution in [1.29, 1.82) is 0 Å². The van der Waals surface area contributed by atoms with Gasteiger partial charge in [0.05, 0.1) is 11.7 Å². The quantitative estimate of drug-likeness (QED) is 0.854. The fraction of sp³-hybridized carbons (Fsp3) is 0.500. The Morgan fingerprint density at radius 2 is 2.06 bits per heavy atom. The Labute approximate surface area is 107 Å². The van der Waals surface area contributed by atoms with Gasteiger partial charge in [0.1, 0.15) is 0 Å². The first-order valence-corrected chi connectivity index (χ1v) is 6.29. The molecule has 2 atom stereocenters. The Bertz CT molecular complexity index is 416. The van der Waals surface area contributed by atoms with Crippen molar-refractivity contribution in [1.82, 2.24) is 4.90 Å². The van der Waals surface area contributed by atoms with Crippen molar-refractivity contribution in [3.8, 4) is 0 Å². The van der Waals surface area contributed by atoms with Gasteiger partial charge in [0.15, 0.2) is 0 Å². The lowest BCUT2D eigenvalue weighted by Crippen LogP contribution is -2.42. The molecule has 0 radical (unpaired) electrons. The maximum atomic E-state index is 10.7. The molecular weight excluding hydrogens is 230 g/mol. The lowest BCUT2D eigenvalue weighted by molar-refractivity contribution is 0.0259. The van der Waals surface area contributed by atoms with Crippen LogP contribution < -0.4 is 0 Å². The Kier molecular flexibility index (Phi) is 3.99. The summed E-state index contributed by atoms with van der Waals surface area (Å²) in [6.45, 7) is 4.52. The van der Waals surface area contributed by atoms with Gasteiger partial charge in [-0.2, -0.15) is 0 Å². The van der Waals surface area contributed by atoms with Crippen LogP contribution in [0.5, 0.6) is 0 Å². The second kappa shape index (κ2) is 5.50. The molecule has 2 rings (SSSR count). The second-order valence-corrected chi connectivity index (χ2v) is 5.07. The summed E-state index contributed by atoms with van der Waals surface area (Å²) in [6, 6.07) is 6.93. The van der Waals surface area contributed by atoms with Crippen molar-refractivity contribution in [2.24, 2.45) is 5.92 Å². The number of likely N-dealkylation sites (tertiary alicyclic amines) is 1. The summed E-state index contributed by atoms with van der Waals surface area (Å²) in [6.07, 6.45) is 0.756. The fourth-order valence-corrected chi connectivity index (χ4v) is 2.27. The molecular formula is C14H19NO3. The van der Waals surface area contributed by atoms with Crippen LogP contribution >= 0.6 is 0 Å². The fourth-order valence-electron chi connectivity index (χ4n) is 2.27. The van der Waals surface area contributed by atoms with Crippen LogP contribution in [0.25, 0.3) is 0 Å². The summed E-state index contributed by atoms with van der Waals surface area (Å²) in [4.78, 5) is 12.9. The molecule has 1 aliphatic rings. The van der Waals surface area contributed by atoms with E-state index in [2.05, 4.69) is 11.8 Å². The van der Waals surface area contributed by atoms with Crippen molar-refractivity contribution in [2.75, 3.05) is 13.1 Å². The van der Waals surface area contributed by atoms with Crippen LogP contribution in [0.3, 0.4) is 0 Å². The van der Waals surface area contributed by atoms with Crippen molar-refractivity contribution < 1.29 is 15.0 Å². The van der Waals surface area contributed by atoms with E-state index < -0.39 is 5.97 Å². The summed E-state index contributed by atoms with van der Waals surface area (Å²) in [5.41, 5.74) is 1.40. The minimum atomic E-state index is -0.899. The minimum absolute atomic E-state index is 0.253. The van der Waals surface area contributed by atoms with Crippen LogP contribution in [0, 0.1) is 5.92 Å². The van der Waals surface area contributed by atoms with Crippen LogP contribution in [0.15, 0.2) is 24.3 Å². The van der Waals surface area contributed by atoms with Crippen LogP contribution in [0.1, 0.15) is 29.3 Å². The molecule has 1 aromatic rings. The molecule has 0 aromatic heterocycles. The number of carboxylic acids is 1. The van der Waals surface area contributed by atoms with Crippen molar-refractivity contribution in [2.45, 2.75) is 26.0 Å². The molecule has 98 valence electrons. The van der Waals surface area contributed by atoms with E-state index in [1.807, 2.05) is 12.1 Å². The molecule has 2 unspecified atom stereocenters. The zero-order valence-corrected chi connectivity index (χ0v) is 10.5. The molecule has 0 saturated carbocycles. The lowest BCUT2D eigenvalue weighted by atomic mass is 9.96. The average molecular weight is 249 g/mol. The third kappa shape index (κ3) is 3.09. The normalized spacial score (nSPS) is 25.0. The molecule has 1 heterocycles. The smallest absolute Gasteiger partial charge is 0.335 e. The monoisotopic (exact) mass is 249 g/mol. The summed E-state index contributed by atoms with van der Waals surface area (Å²) >= 11 is 0. The van der Waals surface area contributed by atoms with E-state index in [1.165, 1.54) is 0 Å². The highest BCUT2D eigenvalue weighted by molar-refractivity contribution is 5.87. The van der Waals surface area contributed by atoms with E-state index in [-0.39, 0.29) is 6.10 Å². The number of carbonyl (C=O) groups is 1. The molecule has 1 aromatic carbocycles. The zero-order chi connectivity index (χ0) is 13.1. The number of carboxylic acid groups (broad SMARTS) is 1. The average Bonchev–Trinajstić information content (AvgIpc) is 2.34. The first-order valence-electron chi connectivity index (χ1n) is 6.29. The van der Waals surface area contributed by atoms with Crippen molar-refractivity contribution >= 4 is 5.97 Å². The molecule has 0 amide bonds. The van der Waals surface area contributed by atoms with E-state index in [0.717, 1.165) is 25.1 Å². The van der Waals surface area contributed by atoms with E-state index in [9.17, 15) is 9.90 Å². The molecule has 0 bridgehead atoms. The summed E-state index contributed by atoms with van der Waals surface area (Å²) in [7, 11) is 0. The third-order valence-electron chi connectivity index (χ3n) is 3.61. The lowest BCUT2D eigenvalue weighted by Gasteiger charge is -2.34. The Morgan fingerprint density at radius 3 is 2.61 bits per heavy atom. The Hall–Kier alpha value is -1.39. The van der Waals surface area contributed by atoms with Gasteiger partial charge in [-0.05, 0) is 36.6 Å². The molecule has 1 fully saturated rings. The first kappa shape index (κ1) is 13.1. The number of nitrogens with zero attached hydrogens (tertiary/aromatic N) is 1. The third-order valence-corrected chi connectivity index (χ3v) is 3.61. The highest BCUT2D eigenvalue weighted by atomic mass is 16.4. The number of hydrogen-bond acceptors (Lipinski definition) is 3. The highest BCUT2D eigenvalue weighted by Gasteiger charge is 2.23. The SMILES string of the molecule is CC1CCN(Cc2ccc(C(=O)O)cc2)CC1O. The predicted octanol–water partition coefficient (Wildman–Crippen LogP) is 1.59. The van der Waals surface area contributed by atoms with E-state index in [4.69, 9.17) is 5.11 Å². The van der Waals surface area contributed by atoms with Gasteiger partial charge in [0.2, 0.25) is 0 Å². The maximum Gasteiger partial charge on any atom is 0.335 e. The van der Waals surface area contributed by atoms with Gasteiger partial charge in [-0.25, -0.2) is 4.79 Å². The predicted molar refractivity (Wildman–Crippen MR) is 68.5 cm³/mol. The van der Waals surface area contributed by atoms with E-state index in [1.54, 1.807) is 12.1 Å². The molecule has 0 spiro atoms. The molecule has 1 aliphatic heterocycles. The highest BCUT2D eigenvalue weighted by Crippen LogP contribution is 2.19. The van der Waals surface area contributed by atoms with Gasteiger partial charge in [-0.15, -0.1) is 0 Å². The zero-order valence-electron chi connectivity index (χ0n) is 10.5. The summed E-state index contributed by atoms with van der Waals surface area (Å²) in [5, 5.41) is 18.6. The molecule has 18 heavy (non-hydrogen) atoms. The van der Waals surface area contributed by atoms with Crippen molar-refractivity contribution in [3.63, 3.8) is 0 Å². The van der Waals surface area contributed by atoms with E-state index >= 15 is 0 Å². The van der Waals surface area contributed by atoms with Gasteiger partial charge < -0.3 is 10.2 Å². The van der Waals surface area contributed by atoms with E-state index in [0.29, 0.717) is 18.0 Å². The second-order valence-electron chi connectivity index (χ2n) is 5.07. The Morgan fingerprint density at radius 1 is 1.39 bits per heavy atom. The largest absolute Gasteiger partial charge is 0.478 e. The standard InChI is InChI=1S/C14H19NO3/c1-10-6-7-15(9-13(10)16)8-11-2-4-12(5-3-11)14(17)18/h2-5,10,13,16H,6-9H2,1H3,(H,17,18). The minimum Gasteiger partial charge on any atom is -0.478 e. The number of rotatable bonds is 3. The number of benzene rings is 1.